The average molecular weight is 213 g/mol. The van der Waals surface area contributed by atoms with E-state index in [1.165, 1.54) is 5.06 Å². The molecular formula is C10H19N3O2. The number of nitrogens with one attached hydrogen (secondary N) is 1. The van der Waals surface area contributed by atoms with Gasteiger partial charge in [0.25, 0.3) is 0 Å². The normalized spacial score (nSPS) is 24.5. The first-order valence-electron chi connectivity index (χ1n) is 4.92. The van der Waals surface area contributed by atoms with Crippen LogP contribution in [0.25, 0.3) is 0 Å². The summed E-state index contributed by atoms with van der Waals surface area (Å²) in [7, 11) is 0. The second kappa shape index (κ2) is 3.50. The molecule has 1 rings (SSSR count). The van der Waals surface area contributed by atoms with Crippen molar-refractivity contribution in [2.75, 3.05) is 0 Å². The molecule has 4 N–H and O–H groups in total. The Balaban J connectivity index is 2.98. The summed E-state index contributed by atoms with van der Waals surface area (Å²) in [6, 6.07) is -0.570. The standard InChI is InChI=1S/C10H19N3O2/c1-9(2)5-7(12-8(11)14)6-10(3,4)13(9)15/h5,15H,6H2,1-4H3,(H3,11,12,14). The minimum Gasteiger partial charge on any atom is -0.351 e. The van der Waals surface area contributed by atoms with E-state index < -0.39 is 17.1 Å². The molecule has 0 saturated heterocycles. The molecule has 86 valence electrons. The van der Waals surface area contributed by atoms with Gasteiger partial charge in [0.05, 0.1) is 5.54 Å². The molecule has 1 aliphatic heterocycles. The first-order chi connectivity index (χ1) is 6.65. The molecule has 0 aromatic heterocycles. The molecule has 0 aromatic carbocycles. The first kappa shape index (κ1) is 12.0. The van der Waals surface area contributed by atoms with Crippen LogP contribution in [0.5, 0.6) is 0 Å². The largest absolute Gasteiger partial charge is 0.351 e. The average Bonchev–Trinajstić information content (AvgIpc) is 1.97. The number of nitrogens with two attached hydrogens (primary N) is 1. The van der Waals surface area contributed by atoms with Crippen LogP contribution in [-0.2, 0) is 0 Å². The lowest BCUT2D eigenvalue weighted by Gasteiger charge is -2.46. The van der Waals surface area contributed by atoms with E-state index in [0.29, 0.717) is 6.42 Å². The molecule has 2 amide bonds. The molecule has 5 nitrogen and oxygen atoms in total. The van der Waals surface area contributed by atoms with Crippen molar-refractivity contribution in [3.63, 3.8) is 0 Å². The van der Waals surface area contributed by atoms with Gasteiger partial charge in [0, 0.05) is 17.7 Å². The molecule has 1 heterocycles. The number of nitrogens with zero attached hydrogens (tertiary/aromatic N) is 1. The third-order valence-corrected chi connectivity index (χ3v) is 2.55. The first-order valence-corrected chi connectivity index (χ1v) is 4.92. The maximum absolute atomic E-state index is 10.8. The summed E-state index contributed by atoms with van der Waals surface area (Å²) in [6.45, 7) is 7.56. The predicted octanol–water partition coefficient (Wildman–Crippen LogP) is 1.19. The van der Waals surface area contributed by atoms with Crippen molar-refractivity contribution in [3.05, 3.63) is 11.8 Å². The Labute approximate surface area is 89.9 Å². The van der Waals surface area contributed by atoms with E-state index >= 15 is 0 Å². The van der Waals surface area contributed by atoms with E-state index in [4.69, 9.17) is 5.73 Å². The van der Waals surface area contributed by atoms with Gasteiger partial charge in [-0.05, 0) is 33.8 Å². The van der Waals surface area contributed by atoms with Crippen molar-refractivity contribution < 1.29 is 10.0 Å². The fourth-order valence-electron chi connectivity index (χ4n) is 2.10. The second-order valence-electron chi connectivity index (χ2n) is 5.11. The lowest BCUT2D eigenvalue weighted by molar-refractivity contribution is -0.214. The van der Waals surface area contributed by atoms with Gasteiger partial charge in [0.2, 0.25) is 0 Å². The molecule has 0 bridgehead atoms. The molecule has 0 spiro atoms. The van der Waals surface area contributed by atoms with E-state index in [1.54, 1.807) is 0 Å². The summed E-state index contributed by atoms with van der Waals surface area (Å²) in [6.07, 6.45) is 2.36. The number of amides is 2. The van der Waals surface area contributed by atoms with Crippen LogP contribution >= 0.6 is 0 Å². The molecule has 1 aliphatic rings. The molecule has 0 atom stereocenters. The van der Waals surface area contributed by atoms with Crippen LogP contribution < -0.4 is 11.1 Å². The number of urea groups is 1. The highest BCUT2D eigenvalue weighted by molar-refractivity contribution is 5.73. The van der Waals surface area contributed by atoms with Crippen molar-refractivity contribution in [1.82, 2.24) is 10.4 Å². The minimum atomic E-state index is -0.570. The zero-order chi connectivity index (χ0) is 11.9. The molecule has 0 saturated carbocycles. The number of hydrogen-bond acceptors (Lipinski definition) is 3. The van der Waals surface area contributed by atoms with Gasteiger partial charge in [-0.3, -0.25) is 0 Å². The molecule has 15 heavy (non-hydrogen) atoms. The molecule has 0 fully saturated rings. The van der Waals surface area contributed by atoms with Gasteiger partial charge in [0.15, 0.2) is 0 Å². The number of rotatable bonds is 1. The number of carbonyl (C=O) groups is 1. The minimum absolute atomic E-state index is 0.421. The van der Waals surface area contributed by atoms with Gasteiger partial charge in [-0.2, -0.15) is 5.06 Å². The van der Waals surface area contributed by atoms with Gasteiger partial charge in [-0.25, -0.2) is 4.79 Å². The maximum Gasteiger partial charge on any atom is 0.316 e. The molecule has 0 aromatic rings. The van der Waals surface area contributed by atoms with Crippen molar-refractivity contribution in [2.24, 2.45) is 5.73 Å². The van der Waals surface area contributed by atoms with Crippen LogP contribution in [0.3, 0.4) is 0 Å². The number of hydroxylamine groups is 2. The quantitative estimate of drug-likeness (QED) is 0.612. The van der Waals surface area contributed by atoms with Gasteiger partial charge in [-0.1, -0.05) is 0 Å². The van der Waals surface area contributed by atoms with Crippen molar-refractivity contribution in [2.45, 2.75) is 45.2 Å². The third kappa shape index (κ3) is 2.49. The Bertz CT molecular complexity index is 308. The molecular weight excluding hydrogens is 194 g/mol. The van der Waals surface area contributed by atoms with Crippen molar-refractivity contribution in [3.8, 4) is 0 Å². The summed E-state index contributed by atoms with van der Waals surface area (Å²) in [5.41, 5.74) is 4.89. The molecule has 0 aliphatic carbocycles. The van der Waals surface area contributed by atoms with E-state index in [1.807, 2.05) is 33.8 Å². The maximum atomic E-state index is 10.8. The van der Waals surface area contributed by atoms with Gasteiger partial charge < -0.3 is 16.3 Å². The van der Waals surface area contributed by atoms with Crippen molar-refractivity contribution in [1.29, 1.82) is 0 Å². The number of hydrogen-bond donors (Lipinski definition) is 3. The Hall–Kier alpha value is -1.07. The SMILES string of the molecule is CC1(C)C=C(NC(N)=O)CC(C)(C)N1O. The zero-order valence-corrected chi connectivity index (χ0v) is 9.66. The third-order valence-electron chi connectivity index (χ3n) is 2.55. The summed E-state index contributed by atoms with van der Waals surface area (Å²) in [5, 5.41) is 13.8. The summed E-state index contributed by atoms with van der Waals surface area (Å²) in [5.74, 6) is 0. The van der Waals surface area contributed by atoms with Gasteiger partial charge in [-0.15, -0.1) is 0 Å². The number of carbonyl (C=O) groups excluding carboxylic acids is 1. The molecule has 5 heteroatoms. The van der Waals surface area contributed by atoms with Crippen LogP contribution in [0.1, 0.15) is 34.1 Å². The summed E-state index contributed by atoms with van der Waals surface area (Å²) >= 11 is 0. The highest BCUT2D eigenvalue weighted by Crippen LogP contribution is 2.34. The van der Waals surface area contributed by atoms with E-state index in [0.717, 1.165) is 5.70 Å². The smallest absolute Gasteiger partial charge is 0.316 e. The van der Waals surface area contributed by atoms with Crippen LogP contribution in [-0.4, -0.2) is 27.4 Å². The highest BCUT2D eigenvalue weighted by Gasteiger charge is 2.40. The Morgan fingerprint density at radius 3 is 2.47 bits per heavy atom. The molecule has 0 radical (unpaired) electrons. The zero-order valence-electron chi connectivity index (χ0n) is 9.66. The van der Waals surface area contributed by atoms with Gasteiger partial charge in [0.1, 0.15) is 0 Å². The summed E-state index contributed by atoms with van der Waals surface area (Å²) in [4.78, 5) is 10.8. The lowest BCUT2D eigenvalue weighted by Crippen LogP contribution is -2.57. The van der Waals surface area contributed by atoms with Gasteiger partial charge >= 0.3 is 6.03 Å². The number of primary amides is 1. The molecule has 0 unspecified atom stereocenters. The Kier molecular flexibility index (Phi) is 2.80. The van der Waals surface area contributed by atoms with Crippen LogP contribution in [0.4, 0.5) is 4.79 Å². The second-order valence-corrected chi connectivity index (χ2v) is 5.11. The van der Waals surface area contributed by atoms with Crippen molar-refractivity contribution >= 4 is 6.03 Å². The predicted molar refractivity (Wildman–Crippen MR) is 57.2 cm³/mol. The Morgan fingerprint density at radius 1 is 1.53 bits per heavy atom. The van der Waals surface area contributed by atoms with Crippen LogP contribution in [0.15, 0.2) is 11.8 Å². The fourth-order valence-corrected chi connectivity index (χ4v) is 2.10. The lowest BCUT2D eigenvalue weighted by atomic mass is 9.85. The van der Waals surface area contributed by atoms with Crippen LogP contribution in [0, 0.1) is 0 Å². The van der Waals surface area contributed by atoms with E-state index in [-0.39, 0.29) is 0 Å². The monoisotopic (exact) mass is 213 g/mol. The fraction of sp³-hybridized carbons (Fsp3) is 0.700. The topological polar surface area (TPSA) is 78.6 Å². The van der Waals surface area contributed by atoms with E-state index in [2.05, 4.69) is 5.32 Å². The van der Waals surface area contributed by atoms with E-state index in [9.17, 15) is 10.0 Å². The van der Waals surface area contributed by atoms with Crippen LogP contribution in [0.2, 0.25) is 0 Å². The Morgan fingerprint density at radius 2 is 2.07 bits per heavy atom. The highest BCUT2D eigenvalue weighted by atomic mass is 16.5. The summed E-state index contributed by atoms with van der Waals surface area (Å²) < 4.78 is 0.